The van der Waals surface area contributed by atoms with Gasteiger partial charge in [-0.15, -0.1) is 0 Å². The molecule has 1 saturated heterocycles. The van der Waals surface area contributed by atoms with E-state index in [1.54, 1.807) is 12.1 Å². The molecule has 5 rings (SSSR count). The molecule has 1 atom stereocenters. The number of para-hydroxylation sites is 1. The number of aromatic amines is 1. The van der Waals surface area contributed by atoms with Gasteiger partial charge in [-0.05, 0) is 61.9 Å². The molecule has 1 aliphatic heterocycles. The minimum absolute atomic E-state index is 0.0225. The number of benzene rings is 2. The highest BCUT2D eigenvalue weighted by Gasteiger charge is 2.27. The van der Waals surface area contributed by atoms with Crippen molar-refractivity contribution in [3.05, 3.63) is 64.6 Å². The smallest absolute Gasteiger partial charge is 0.256 e. The van der Waals surface area contributed by atoms with Crippen molar-refractivity contribution in [3.8, 4) is 0 Å². The molecule has 0 saturated carbocycles. The fourth-order valence-corrected chi connectivity index (χ4v) is 5.10. The highest BCUT2D eigenvalue weighted by Crippen LogP contribution is 2.33. The normalized spacial score (nSPS) is 18.7. The van der Waals surface area contributed by atoms with Gasteiger partial charge in [-0.2, -0.15) is 0 Å². The number of aryl methyl sites for hydroxylation is 1. The summed E-state index contributed by atoms with van der Waals surface area (Å²) >= 11 is 0. The Kier molecular flexibility index (Phi) is 5.24. The Labute approximate surface area is 187 Å². The summed E-state index contributed by atoms with van der Waals surface area (Å²) in [6, 6.07) is 10.6. The van der Waals surface area contributed by atoms with Crippen LogP contribution in [-0.2, 0) is 12.8 Å². The van der Waals surface area contributed by atoms with E-state index in [1.807, 2.05) is 21.9 Å². The minimum atomic E-state index is -0.395. The molecule has 32 heavy (non-hydrogen) atoms. The summed E-state index contributed by atoms with van der Waals surface area (Å²) in [6.45, 7) is 5.88. The van der Waals surface area contributed by atoms with Crippen molar-refractivity contribution in [1.29, 1.82) is 0 Å². The lowest BCUT2D eigenvalue weighted by atomic mass is 9.87. The second kappa shape index (κ2) is 8.08. The quantitative estimate of drug-likeness (QED) is 0.615. The molecule has 166 valence electrons. The van der Waals surface area contributed by atoms with E-state index < -0.39 is 5.82 Å². The van der Waals surface area contributed by atoms with Gasteiger partial charge in [-0.1, -0.05) is 19.1 Å². The number of carbonyl (C=O) groups excluding carboxylic acids is 2. The average molecular weight is 434 g/mol. The van der Waals surface area contributed by atoms with Crippen LogP contribution >= 0.6 is 0 Å². The topological polar surface area (TPSA) is 56.4 Å². The summed E-state index contributed by atoms with van der Waals surface area (Å²) in [4.78, 5) is 32.2. The Balaban J connectivity index is 1.34. The van der Waals surface area contributed by atoms with E-state index in [0.717, 1.165) is 23.9 Å². The van der Waals surface area contributed by atoms with Gasteiger partial charge in [-0.25, -0.2) is 4.39 Å². The third-order valence-corrected chi connectivity index (χ3v) is 6.96. The molecular weight excluding hydrogens is 405 g/mol. The zero-order chi connectivity index (χ0) is 22.4. The fraction of sp³-hybridized carbons (Fsp3) is 0.385. The van der Waals surface area contributed by atoms with Gasteiger partial charge in [0.15, 0.2) is 5.78 Å². The van der Waals surface area contributed by atoms with Crippen molar-refractivity contribution in [2.45, 2.75) is 33.1 Å². The van der Waals surface area contributed by atoms with Gasteiger partial charge >= 0.3 is 0 Å². The minimum Gasteiger partial charge on any atom is -0.366 e. The molecule has 2 aromatic carbocycles. The van der Waals surface area contributed by atoms with Crippen LogP contribution in [-0.4, -0.2) is 47.8 Å². The monoisotopic (exact) mass is 433 g/mol. The maximum absolute atomic E-state index is 14.6. The van der Waals surface area contributed by atoms with Crippen LogP contribution in [0.2, 0.25) is 0 Å². The standard InChI is InChI=1S/C26H28FN3O2/c1-16-6-8-23-21(14-16)19-4-3-5-20(25(19)28-23)26(32)30-12-10-29(11-13-30)24-9-7-18(17(2)31)15-22(24)27/h3-5,7,9,15-16,28H,6,8,10-14H2,1-2H3. The maximum atomic E-state index is 14.6. The van der Waals surface area contributed by atoms with E-state index in [4.69, 9.17) is 0 Å². The van der Waals surface area contributed by atoms with Gasteiger partial charge in [0.25, 0.3) is 5.91 Å². The molecule has 1 fully saturated rings. The number of ketones is 1. The molecule has 0 bridgehead atoms. The number of amides is 1. The highest BCUT2D eigenvalue weighted by atomic mass is 19.1. The van der Waals surface area contributed by atoms with Crippen molar-refractivity contribution < 1.29 is 14.0 Å². The number of piperazine rings is 1. The van der Waals surface area contributed by atoms with E-state index in [9.17, 15) is 14.0 Å². The molecule has 5 nitrogen and oxygen atoms in total. The van der Waals surface area contributed by atoms with Crippen LogP contribution in [0.4, 0.5) is 10.1 Å². The number of hydrogen-bond acceptors (Lipinski definition) is 3. The first kappa shape index (κ1) is 20.7. The summed E-state index contributed by atoms with van der Waals surface area (Å²) < 4.78 is 14.6. The highest BCUT2D eigenvalue weighted by molar-refractivity contribution is 6.07. The van der Waals surface area contributed by atoms with Gasteiger partial charge in [0.2, 0.25) is 0 Å². The molecule has 3 aromatic rings. The van der Waals surface area contributed by atoms with Crippen molar-refractivity contribution in [2.75, 3.05) is 31.1 Å². The first-order chi connectivity index (χ1) is 15.4. The van der Waals surface area contributed by atoms with Crippen molar-refractivity contribution in [1.82, 2.24) is 9.88 Å². The van der Waals surface area contributed by atoms with E-state index in [1.165, 1.54) is 36.1 Å². The number of nitrogens with one attached hydrogen (secondary N) is 1. The molecule has 2 aliphatic rings. The molecule has 0 spiro atoms. The molecule has 2 heterocycles. The second-order valence-corrected chi connectivity index (χ2v) is 9.16. The first-order valence-corrected chi connectivity index (χ1v) is 11.4. The van der Waals surface area contributed by atoms with Crippen LogP contribution in [0, 0.1) is 11.7 Å². The first-order valence-electron chi connectivity index (χ1n) is 11.4. The number of H-pyrrole nitrogens is 1. The Morgan fingerprint density at radius 2 is 1.88 bits per heavy atom. The predicted molar refractivity (Wildman–Crippen MR) is 124 cm³/mol. The summed E-state index contributed by atoms with van der Waals surface area (Å²) in [5, 5.41) is 1.17. The van der Waals surface area contributed by atoms with E-state index in [-0.39, 0.29) is 11.7 Å². The number of anilines is 1. The third kappa shape index (κ3) is 3.57. The number of fused-ring (bicyclic) bond motifs is 3. The van der Waals surface area contributed by atoms with Gasteiger partial charge < -0.3 is 14.8 Å². The summed E-state index contributed by atoms with van der Waals surface area (Å²) in [6.07, 6.45) is 3.26. The maximum Gasteiger partial charge on any atom is 0.256 e. The van der Waals surface area contributed by atoms with Gasteiger partial charge in [-0.3, -0.25) is 9.59 Å². The number of carbonyl (C=O) groups is 2. The zero-order valence-corrected chi connectivity index (χ0v) is 18.6. The zero-order valence-electron chi connectivity index (χ0n) is 18.6. The van der Waals surface area contributed by atoms with E-state index in [0.29, 0.717) is 43.3 Å². The van der Waals surface area contributed by atoms with Crippen LogP contribution < -0.4 is 4.90 Å². The molecule has 1 unspecified atom stereocenters. The number of aromatic nitrogens is 1. The Hall–Kier alpha value is -3.15. The number of nitrogens with zero attached hydrogens (tertiary/aromatic N) is 2. The second-order valence-electron chi connectivity index (χ2n) is 9.16. The lowest BCUT2D eigenvalue weighted by molar-refractivity contribution is 0.0748. The van der Waals surface area contributed by atoms with Crippen molar-refractivity contribution in [3.63, 3.8) is 0 Å². The predicted octanol–water partition coefficient (Wildman–Crippen LogP) is 4.60. The molecule has 0 radical (unpaired) electrons. The third-order valence-electron chi connectivity index (χ3n) is 6.96. The number of halogens is 1. The number of rotatable bonds is 3. The van der Waals surface area contributed by atoms with Gasteiger partial charge in [0.1, 0.15) is 5.82 Å². The largest absolute Gasteiger partial charge is 0.366 e. The molecule has 1 amide bonds. The van der Waals surface area contributed by atoms with Crippen LogP contribution in [0.1, 0.15) is 52.2 Å². The molecule has 6 heteroatoms. The van der Waals surface area contributed by atoms with Crippen LogP contribution in [0.5, 0.6) is 0 Å². The summed E-state index contributed by atoms with van der Waals surface area (Å²) in [5.74, 6) is 0.141. The van der Waals surface area contributed by atoms with Gasteiger partial charge in [0, 0.05) is 42.8 Å². The van der Waals surface area contributed by atoms with Crippen molar-refractivity contribution >= 4 is 28.3 Å². The van der Waals surface area contributed by atoms with Crippen LogP contribution in [0.15, 0.2) is 36.4 Å². The Morgan fingerprint density at radius 3 is 2.59 bits per heavy atom. The number of Topliss-reactive ketones (excluding diaryl/α,β-unsaturated/α-hetero) is 1. The lowest BCUT2D eigenvalue weighted by Crippen LogP contribution is -2.49. The summed E-state index contributed by atoms with van der Waals surface area (Å²) in [5.41, 5.74) is 5.15. The average Bonchev–Trinajstić information content (AvgIpc) is 3.16. The SMILES string of the molecule is CC(=O)c1ccc(N2CCN(C(=O)c3cccc4c5c([nH]c34)CCC(C)C5)CC2)c(F)c1. The van der Waals surface area contributed by atoms with Crippen molar-refractivity contribution in [2.24, 2.45) is 5.92 Å². The molecular formula is C26H28FN3O2. The van der Waals surface area contributed by atoms with Crippen LogP contribution in [0.25, 0.3) is 10.9 Å². The molecule has 1 aliphatic carbocycles. The van der Waals surface area contributed by atoms with E-state index >= 15 is 0 Å². The lowest BCUT2D eigenvalue weighted by Gasteiger charge is -2.36. The van der Waals surface area contributed by atoms with Gasteiger partial charge in [0.05, 0.1) is 16.8 Å². The Bertz CT molecular complexity index is 1210. The van der Waals surface area contributed by atoms with Crippen LogP contribution in [0.3, 0.4) is 0 Å². The fourth-order valence-electron chi connectivity index (χ4n) is 5.10. The van der Waals surface area contributed by atoms with E-state index in [2.05, 4.69) is 18.0 Å². The molecule has 1 N–H and O–H groups in total. The Morgan fingerprint density at radius 1 is 1.09 bits per heavy atom. The summed E-state index contributed by atoms with van der Waals surface area (Å²) in [7, 11) is 0. The molecule has 1 aromatic heterocycles. The number of hydrogen-bond donors (Lipinski definition) is 1.